The molecule has 0 saturated carbocycles. The Balaban J connectivity index is 2.11. The minimum absolute atomic E-state index is 0.373. The highest BCUT2D eigenvalue weighted by atomic mass is 16.5. The number of hydrogen-bond donors (Lipinski definition) is 2. The summed E-state index contributed by atoms with van der Waals surface area (Å²) in [7, 11) is 3.88. The lowest BCUT2D eigenvalue weighted by atomic mass is 10.1. The van der Waals surface area contributed by atoms with Crippen LogP contribution in [0.25, 0.3) is 0 Å². The van der Waals surface area contributed by atoms with Crippen molar-refractivity contribution in [2.75, 3.05) is 73.3 Å². The van der Waals surface area contributed by atoms with Gasteiger partial charge in [0.2, 0.25) is 0 Å². The third-order valence-electron chi connectivity index (χ3n) is 4.11. The van der Waals surface area contributed by atoms with Crippen LogP contribution in [-0.2, 0) is 14.2 Å². The van der Waals surface area contributed by atoms with Gasteiger partial charge in [0, 0.05) is 66.3 Å². The molecule has 7 heteroatoms. The van der Waals surface area contributed by atoms with Crippen molar-refractivity contribution in [3.8, 4) is 0 Å². The summed E-state index contributed by atoms with van der Waals surface area (Å²) >= 11 is 0. The summed E-state index contributed by atoms with van der Waals surface area (Å²) in [4.78, 5) is 6.92. The van der Waals surface area contributed by atoms with E-state index in [2.05, 4.69) is 34.5 Å². The first-order chi connectivity index (χ1) is 12.3. The normalized spacial score (nSPS) is 16.4. The number of nitrogens with one attached hydrogen (secondary N) is 2. The van der Waals surface area contributed by atoms with Crippen molar-refractivity contribution in [2.45, 2.75) is 38.7 Å². The van der Waals surface area contributed by atoms with E-state index >= 15 is 0 Å². The van der Waals surface area contributed by atoms with Crippen molar-refractivity contribution in [1.29, 1.82) is 0 Å². The van der Waals surface area contributed by atoms with Crippen LogP contribution in [0.5, 0.6) is 0 Å². The highest BCUT2D eigenvalue weighted by Gasteiger charge is 2.13. The fraction of sp³-hybridized carbons (Fsp3) is 0.944. The Morgan fingerprint density at radius 1 is 1.16 bits per heavy atom. The van der Waals surface area contributed by atoms with E-state index in [-0.39, 0.29) is 0 Å². The van der Waals surface area contributed by atoms with Crippen molar-refractivity contribution < 1.29 is 14.2 Å². The first-order valence-corrected chi connectivity index (χ1v) is 9.65. The van der Waals surface area contributed by atoms with Gasteiger partial charge < -0.3 is 29.7 Å². The van der Waals surface area contributed by atoms with Crippen molar-refractivity contribution in [2.24, 2.45) is 4.99 Å². The summed E-state index contributed by atoms with van der Waals surface area (Å²) in [6.07, 6.45) is 4.42. The predicted octanol–water partition coefficient (Wildman–Crippen LogP) is 1.10. The maximum Gasteiger partial charge on any atom is 0.191 e. The molecule has 0 unspecified atom stereocenters. The Kier molecular flexibility index (Phi) is 13.6. The van der Waals surface area contributed by atoms with Gasteiger partial charge in [-0.3, -0.25) is 4.99 Å². The molecule has 0 aromatic carbocycles. The number of guanidine groups is 1. The molecule has 1 aliphatic rings. The van der Waals surface area contributed by atoms with Crippen LogP contribution in [0.3, 0.4) is 0 Å². The zero-order valence-corrected chi connectivity index (χ0v) is 16.4. The summed E-state index contributed by atoms with van der Waals surface area (Å²) in [5, 5.41) is 6.68. The average molecular weight is 359 g/mol. The van der Waals surface area contributed by atoms with Crippen molar-refractivity contribution >= 4 is 5.96 Å². The van der Waals surface area contributed by atoms with E-state index in [1.807, 2.05) is 0 Å². The molecule has 0 aromatic rings. The fourth-order valence-electron chi connectivity index (χ4n) is 2.65. The maximum atomic E-state index is 5.88. The van der Waals surface area contributed by atoms with Gasteiger partial charge in [-0.25, -0.2) is 0 Å². The number of ether oxygens (including phenoxy) is 3. The van der Waals surface area contributed by atoms with Gasteiger partial charge in [-0.15, -0.1) is 0 Å². The zero-order chi connectivity index (χ0) is 18.2. The van der Waals surface area contributed by atoms with Crippen molar-refractivity contribution in [1.82, 2.24) is 15.5 Å². The second-order valence-corrected chi connectivity index (χ2v) is 6.37. The van der Waals surface area contributed by atoms with Gasteiger partial charge in [0.05, 0.1) is 6.10 Å². The van der Waals surface area contributed by atoms with Gasteiger partial charge in [0.15, 0.2) is 5.96 Å². The molecule has 0 radical (unpaired) electrons. The average Bonchev–Trinajstić information content (AvgIpc) is 2.62. The Hall–Kier alpha value is -0.890. The Bertz CT molecular complexity index is 336. The molecule has 1 fully saturated rings. The van der Waals surface area contributed by atoms with Gasteiger partial charge >= 0.3 is 0 Å². The SMILES string of the molecule is CCNC(=NCCCOC1CCOCC1)NCCN(C)CCCOC. The molecule has 1 aliphatic heterocycles. The molecule has 1 saturated heterocycles. The largest absolute Gasteiger partial charge is 0.385 e. The molecule has 0 amide bonds. The highest BCUT2D eigenvalue weighted by molar-refractivity contribution is 5.79. The first-order valence-electron chi connectivity index (χ1n) is 9.65. The van der Waals surface area contributed by atoms with Crippen LogP contribution >= 0.6 is 0 Å². The van der Waals surface area contributed by atoms with Crippen LogP contribution in [0, 0.1) is 0 Å². The van der Waals surface area contributed by atoms with E-state index in [4.69, 9.17) is 14.2 Å². The van der Waals surface area contributed by atoms with Gasteiger partial charge in [-0.1, -0.05) is 0 Å². The monoisotopic (exact) mass is 358 g/mol. The second-order valence-electron chi connectivity index (χ2n) is 6.37. The molecule has 0 aliphatic carbocycles. The smallest absolute Gasteiger partial charge is 0.191 e. The lowest BCUT2D eigenvalue weighted by Crippen LogP contribution is -2.41. The molecule has 1 rings (SSSR count). The third-order valence-corrected chi connectivity index (χ3v) is 4.11. The van der Waals surface area contributed by atoms with Gasteiger partial charge in [-0.05, 0) is 39.7 Å². The van der Waals surface area contributed by atoms with Gasteiger partial charge in [-0.2, -0.15) is 0 Å². The van der Waals surface area contributed by atoms with E-state index < -0.39 is 0 Å². The van der Waals surface area contributed by atoms with Crippen LogP contribution < -0.4 is 10.6 Å². The van der Waals surface area contributed by atoms with Crippen LogP contribution in [0.2, 0.25) is 0 Å². The minimum Gasteiger partial charge on any atom is -0.385 e. The maximum absolute atomic E-state index is 5.88. The van der Waals surface area contributed by atoms with Crippen LogP contribution in [0.1, 0.15) is 32.6 Å². The third kappa shape index (κ3) is 12.2. The molecule has 0 bridgehead atoms. The zero-order valence-electron chi connectivity index (χ0n) is 16.4. The lowest BCUT2D eigenvalue weighted by molar-refractivity contribution is -0.0318. The number of rotatable bonds is 13. The topological polar surface area (TPSA) is 67.4 Å². The van der Waals surface area contributed by atoms with Gasteiger partial charge in [0.1, 0.15) is 0 Å². The fourth-order valence-corrected chi connectivity index (χ4v) is 2.65. The minimum atomic E-state index is 0.373. The summed E-state index contributed by atoms with van der Waals surface area (Å²) in [5.74, 6) is 0.888. The molecular formula is C18H38N4O3. The molecular weight excluding hydrogens is 320 g/mol. The predicted molar refractivity (Wildman–Crippen MR) is 102 cm³/mol. The quantitative estimate of drug-likeness (QED) is 0.292. The molecule has 0 aromatic heterocycles. The number of hydrogen-bond acceptors (Lipinski definition) is 5. The van der Waals surface area contributed by atoms with E-state index in [1.165, 1.54) is 0 Å². The molecule has 7 nitrogen and oxygen atoms in total. The van der Waals surface area contributed by atoms with E-state index in [1.54, 1.807) is 7.11 Å². The van der Waals surface area contributed by atoms with Gasteiger partial charge in [0.25, 0.3) is 0 Å². The van der Waals surface area contributed by atoms with Crippen molar-refractivity contribution in [3.63, 3.8) is 0 Å². The summed E-state index contributed by atoms with van der Waals surface area (Å²) in [6.45, 7) is 9.91. The molecule has 0 spiro atoms. The summed E-state index contributed by atoms with van der Waals surface area (Å²) in [5.41, 5.74) is 0. The number of aliphatic imine (C=N–C) groups is 1. The van der Waals surface area contributed by atoms with E-state index in [0.717, 1.165) is 90.8 Å². The van der Waals surface area contributed by atoms with Crippen molar-refractivity contribution in [3.05, 3.63) is 0 Å². The second kappa shape index (κ2) is 15.4. The highest BCUT2D eigenvalue weighted by Crippen LogP contribution is 2.10. The lowest BCUT2D eigenvalue weighted by Gasteiger charge is -2.22. The number of likely N-dealkylation sites (N-methyl/N-ethyl adjacent to an activating group) is 1. The Morgan fingerprint density at radius 2 is 1.96 bits per heavy atom. The van der Waals surface area contributed by atoms with E-state index in [0.29, 0.717) is 6.10 Å². The molecule has 148 valence electrons. The standard InChI is InChI=1S/C18H38N4O3/c1-4-19-18(21-10-12-22(2)11-6-13-23-3)20-9-5-14-25-17-7-15-24-16-8-17/h17H,4-16H2,1-3H3,(H2,19,20,21). The first kappa shape index (κ1) is 22.2. The summed E-state index contributed by atoms with van der Waals surface area (Å²) in [6, 6.07) is 0. The molecule has 25 heavy (non-hydrogen) atoms. The van der Waals surface area contributed by atoms with E-state index in [9.17, 15) is 0 Å². The molecule has 1 heterocycles. The molecule has 2 N–H and O–H groups in total. The molecule has 0 atom stereocenters. The van der Waals surface area contributed by atoms with Crippen LogP contribution in [-0.4, -0.2) is 90.3 Å². The number of nitrogens with zero attached hydrogens (tertiary/aromatic N) is 2. The summed E-state index contributed by atoms with van der Waals surface area (Å²) < 4.78 is 16.3. The number of methoxy groups -OCH3 is 1. The Morgan fingerprint density at radius 3 is 2.68 bits per heavy atom. The van der Waals surface area contributed by atoms with Crippen LogP contribution in [0.4, 0.5) is 0 Å². The Labute approximate surface area is 153 Å². The van der Waals surface area contributed by atoms with Crippen LogP contribution in [0.15, 0.2) is 4.99 Å².